The van der Waals surface area contributed by atoms with Crippen molar-refractivity contribution in [1.29, 1.82) is 0 Å². The monoisotopic (exact) mass is 382 g/mol. The first-order valence-electron chi connectivity index (χ1n) is 9.78. The summed E-state index contributed by atoms with van der Waals surface area (Å²) in [6, 6.07) is 16.7. The van der Waals surface area contributed by atoms with Gasteiger partial charge >= 0.3 is 0 Å². The molecule has 1 fully saturated rings. The van der Waals surface area contributed by atoms with E-state index in [1.165, 1.54) is 5.56 Å². The van der Waals surface area contributed by atoms with Crippen LogP contribution in [0.3, 0.4) is 0 Å². The highest BCUT2D eigenvalue weighted by molar-refractivity contribution is 5.57. The van der Waals surface area contributed by atoms with Crippen LogP contribution in [-0.4, -0.2) is 58.5 Å². The Morgan fingerprint density at radius 1 is 1.04 bits per heavy atom. The highest BCUT2D eigenvalue weighted by Crippen LogP contribution is 2.24. The topological polar surface area (TPSA) is 43.0 Å². The van der Waals surface area contributed by atoms with Gasteiger partial charge in [-0.25, -0.2) is 0 Å². The molecule has 1 heterocycles. The van der Waals surface area contributed by atoms with Gasteiger partial charge in [-0.3, -0.25) is 4.90 Å². The van der Waals surface area contributed by atoms with Crippen molar-refractivity contribution in [3.63, 3.8) is 0 Å². The van der Waals surface area contributed by atoms with E-state index in [4.69, 9.17) is 14.2 Å². The van der Waals surface area contributed by atoms with Crippen molar-refractivity contribution < 1.29 is 14.2 Å². The summed E-state index contributed by atoms with van der Waals surface area (Å²) in [7, 11) is 3.40. The lowest BCUT2D eigenvalue weighted by molar-refractivity contribution is 0.0163. The molecule has 28 heavy (non-hydrogen) atoms. The summed E-state index contributed by atoms with van der Waals surface area (Å²) in [6.07, 6.45) is 4.24. The second-order valence-corrected chi connectivity index (χ2v) is 6.74. The van der Waals surface area contributed by atoms with Gasteiger partial charge in [0.1, 0.15) is 11.5 Å². The molecule has 0 aromatic heterocycles. The third-order valence-electron chi connectivity index (χ3n) is 5.02. The maximum atomic E-state index is 5.53. The van der Waals surface area contributed by atoms with E-state index in [0.29, 0.717) is 6.04 Å². The lowest BCUT2D eigenvalue weighted by Crippen LogP contribution is -2.42. The van der Waals surface area contributed by atoms with Crippen LogP contribution in [0, 0.1) is 0 Å². The van der Waals surface area contributed by atoms with Crippen molar-refractivity contribution in [3.05, 3.63) is 65.7 Å². The second kappa shape index (κ2) is 10.9. The van der Waals surface area contributed by atoms with Crippen LogP contribution in [0.25, 0.3) is 6.08 Å². The molecule has 1 saturated heterocycles. The smallest absolute Gasteiger partial charge is 0.126 e. The molecule has 1 atom stereocenters. The van der Waals surface area contributed by atoms with Gasteiger partial charge in [0, 0.05) is 37.8 Å². The van der Waals surface area contributed by atoms with Crippen molar-refractivity contribution in [2.24, 2.45) is 0 Å². The summed E-state index contributed by atoms with van der Waals surface area (Å²) in [5.74, 6) is 1.78. The number of morpholine rings is 1. The molecule has 1 aliphatic rings. The van der Waals surface area contributed by atoms with Crippen LogP contribution in [0.1, 0.15) is 17.2 Å². The number of ether oxygens (including phenoxy) is 3. The van der Waals surface area contributed by atoms with Gasteiger partial charge in [-0.1, -0.05) is 42.5 Å². The Morgan fingerprint density at radius 2 is 1.79 bits per heavy atom. The summed E-state index contributed by atoms with van der Waals surface area (Å²) in [4.78, 5) is 2.49. The quantitative estimate of drug-likeness (QED) is 0.674. The lowest BCUT2D eigenvalue weighted by Gasteiger charge is -2.35. The molecule has 5 heteroatoms. The molecule has 0 radical (unpaired) electrons. The van der Waals surface area contributed by atoms with Crippen LogP contribution in [0.4, 0.5) is 0 Å². The molecule has 0 amide bonds. The first-order valence-corrected chi connectivity index (χ1v) is 9.78. The predicted molar refractivity (Wildman–Crippen MR) is 113 cm³/mol. The van der Waals surface area contributed by atoms with E-state index in [1.807, 2.05) is 30.3 Å². The lowest BCUT2D eigenvalue weighted by atomic mass is 10.0. The average Bonchev–Trinajstić information content (AvgIpc) is 2.77. The fourth-order valence-corrected chi connectivity index (χ4v) is 3.47. The number of para-hydroxylation sites is 1. The molecule has 0 bridgehead atoms. The Labute approximate surface area is 167 Å². The Kier molecular flexibility index (Phi) is 7.91. The summed E-state index contributed by atoms with van der Waals surface area (Å²) in [6.45, 7) is 5.17. The van der Waals surface area contributed by atoms with E-state index in [-0.39, 0.29) is 0 Å². The Balaban J connectivity index is 1.60. The minimum atomic E-state index is 0.314. The van der Waals surface area contributed by atoms with E-state index in [9.17, 15) is 0 Å². The van der Waals surface area contributed by atoms with Gasteiger partial charge < -0.3 is 19.5 Å². The summed E-state index contributed by atoms with van der Waals surface area (Å²) in [5, 5.41) is 3.58. The average molecular weight is 383 g/mol. The fraction of sp³-hybridized carbons (Fsp3) is 0.391. The zero-order valence-electron chi connectivity index (χ0n) is 16.8. The molecule has 0 saturated carbocycles. The van der Waals surface area contributed by atoms with Gasteiger partial charge in [0.2, 0.25) is 0 Å². The molecule has 5 nitrogen and oxygen atoms in total. The molecule has 2 aromatic rings. The van der Waals surface area contributed by atoms with E-state index >= 15 is 0 Å². The highest BCUT2D eigenvalue weighted by atomic mass is 16.5. The molecule has 2 aromatic carbocycles. The molecular weight excluding hydrogens is 352 g/mol. The van der Waals surface area contributed by atoms with Crippen molar-refractivity contribution in [2.75, 3.05) is 53.6 Å². The molecule has 1 unspecified atom stereocenters. The van der Waals surface area contributed by atoms with Gasteiger partial charge in [-0.2, -0.15) is 0 Å². The minimum Gasteiger partial charge on any atom is -0.497 e. The van der Waals surface area contributed by atoms with Crippen molar-refractivity contribution in [2.45, 2.75) is 6.04 Å². The van der Waals surface area contributed by atoms with Crippen molar-refractivity contribution in [3.8, 4) is 11.5 Å². The SMILES string of the molecule is COc1ccc(C(CNC/C=C/c2ccccc2OC)N2CCOCC2)cc1. The number of hydrogen-bond acceptors (Lipinski definition) is 5. The minimum absolute atomic E-state index is 0.314. The van der Waals surface area contributed by atoms with Gasteiger partial charge in [0.25, 0.3) is 0 Å². The van der Waals surface area contributed by atoms with Crippen molar-refractivity contribution >= 4 is 6.08 Å². The third-order valence-corrected chi connectivity index (χ3v) is 5.02. The molecule has 150 valence electrons. The molecule has 0 spiro atoms. The second-order valence-electron chi connectivity index (χ2n) is 6.74. The zero-order valence-corrected chi connectivity index (χ0v) is 16.8. The number of hydrogen-bond donors (Lipinski definition) is 1. The van der Waals surface area contributed by atoms with Gasteiger partial charge in [-0.15, -0.1) is 0 Å². The normalized spacial score (nSPS) is 16.2. The van der Waals surface area contributed by atoms with E-state index in [1.54, 1.807) is 14.2 Å². The van der Waals surface area contributed by atoms with Gasteiger partial charge in [0.15, 0.2) is 0 Å². The Bertz CT molecular complexity index is 740. The molecular formula is C23H30N2O3. The fourth-order valence-electron chi connectivity index (χ4n) is 3.47. The standard InChI is InChI=1S/C23H30N2O3/c1-26-21-11-9-19(10-12-21)22(25-14-16-28-17-15-25)18-24-13-5-7-20-6-3-4-8-23(20)27-2/h3-12,22,24H,13-18H2,1-2H3/b7-5+. The van der Waals surface area contributed by atoms with Gasteiger partial charge in [0.05, 0.1) is 27.4 Å². The van der Waals surface area contributed by atoms with Gasteiger partial charge in [-0.05, 0) is 23.8 Å². The largest absolute Gasteiger partial charge is 0.497 e. The Morgan fingerprint density at radius 3 is 2.50 bits per heavy atom. The molecule has 0 aliphatic carbocycles. The first kappa shape index (κ1) is 20.4. The van der Waals surface area contributed by atoms with Crippen LogP contribution in [-0.2, 0) is 4.74 Å². The number of nitrogens with one attached hydrogen (secondary N) is 1. The van der Waals surface area contributed by atoms with Crippen molar-refractivity contribution in [1.82, 2.24) is 10.2 Å². The van der Waals surface area contributed by atoms with Crippen LogP contribution in [0.15, 0.2) is 54.6 Å². The summed E-state index contributed by atoms with van der Waals surface area (Å²) in [5.41, 5.74) is 2.38. The summed E-state index contributed by atoms with van der Waals surface area (Å²) < 4.78 is 16.2. The molecule has 1 N–H and O–H groups in total. The maximum absolute atomic E-state index is 5.53. The maximum Gasteiger partial charge on any atom is 0.126 e. The van der Waals surface area contributed by atoms with Crippen LogP contribution in [0.5, 0.6) is 11.5 Å². The highest BCUT2D eigenvalue weighted by Gasteiger charge is 2.22. The van der Waals surface area contributed by atoms with E-state index in [2.05, 4.69) is 40.6 Å². The van der Waals surface area contributed by atoms with Crippen LogP contribution < -0.4 is 14.8 Å². The first-order chi connectivity index (χ1) is 13.8. The van der Waals surface area contributed by atoms with E-state index in [0.717, 1.165) is 56.5 Å². The number of benzene rings is 2. The van der Waals surface area contributed by atoms with Crippen LogP contribution in [0.2, 0.25) is 0 Å². The molecule has 1 aliphatic heterocycles. The summed E-state index contributed by atoms with van der Waals surface area (Å²) >= 11 is 0. The number of methoxy groups -OCH3 is 2. The Hall–Kier alpha value is -2.34. The number of nitrogens with zero attached hydrogens (tertiary/aromatic N) is 1. The zero-order chi connectivity index (χ0) is 19.6. The third kappa shape index (κ3) is 5.58. The molecule has 3 rings (SSSR count). The van der Waals surface area contributed by atoms with E-state index < -0.39 is 0 Å². The predicted octanol–water partition coefficient (Wildman–Crippen LogP) is 3.38. The van der Waals surface area contributed by atoms with Crippen LogP contribution >= 0.6 is 0 Å². The number of rotatable bonds is 9.